The van der Waals surface area contributed by atoms with E-state index in [0.717, 1.165) is 23.3 Å². The summed E-state index contributed by atoms with van der Waals surface area (Å²) in [6.45, 7) is 11.5. The SMILES string of the molecule is [C-]#[N+]CC(O)c1ccc(OCC)cc1CC. The molecule has 0 bridgehead atoms. The minimum absolute atomic E-state index is 0.112. The van der Waals surface area contributed by atoms with Gasteiger partial charge in [0.15, 0.2) is 6.10 Å². The minimum atomic E-state index is -0.692. The maximum atomic E-state index is 9.80. The Morgan fingerprint density at radius 2 is 2.19 bits per heavy atom. The van der Waals surface area contributed by atoms with Crippen molar-refractivity contribution in [1.82, 2.24) is 0 Å². The Bertz CT molecular complexity index is 382. The van der Waals surface area contributed by atoms with Gasteiger partial charge in [-0.3, -0.25) is 0 Å². The Balaban J connectivity index is 2.97. The van der Waals surface area contributed by atoms with E-state index in [1.807, 2.05) is 32.0 Å². The molecule has 0 heterocycles. The van der Waals surface area contributed by atoms with Crippen LogP contribution in [-0.4, -0.2) is 18.3 Å². The maximum absolute atomic E-state index is 9.80. The summed E-state index contributed by atoms with van der Waals surface area (Å²) in [6, 6.07) is 5.62. The van der Waals surface area contributed by atoms with Crippen LogP contribution in [0.5, 0.6) is 5.75 Å². The van der Waals surface area contributed by atoms with Gasteiger partial charge in [-0.05, 0) is 36.6 Å². The molecule has 0 saturated heterocycles. The standard InChI is InChI=1S/C13H17NO2/c1-4-10-8-11(16-5-2)6-7-12(10)13(15)9-14-3/h6-8,13,15H,4-5,9H2,1-2H3. The molecule has 1 rings (SSSR count). The van der Waals surface area contributed by atoms with Gasteiger partial charge in [0.2, 0.25) is 6.54 Å². The number of aryl methyl sites for hydroxylation is 1. The van der Waals surface area contributed by atoms with Crippen LogP contribution in [0.4, 0.5) is 0 Å². The van der Waals surface area contributed by atoms with Crippen molar-refractivity contribution in [3.63, 3.8) is 0 Å². The van der Waals surface area contributed by atoms with Gasteiger partial charge < -0.3 is 14.7 Å². The van der Waals surface area contributed by atoms with Crippen molar-refractivity contribution in [3.8, 4) is 5.75 Å². The molecular formula is C13H17NO2. The van der Waals surface area contributed by atoms with Crippen LogP contribution in [-0.2, 0) is 6.42 Å². The summed E-state index contributed by atoms with van der Waals surface area (Å²) >= 11 is 0. The molecule has 0 radical (unpaired) electrons. The molecule has 3 heteroatoms. The summed E-state index contributed by atoms with van der Waals surface area (Å²) in [5.41, 5.74) is 1.88. The van der Waals surface area contributed by atoms with Gasteiger partial charge in [0.1, 0.15) is 5.75 Å². The van der Waals surface area contributed by atoms with Crippen LogP contribution in [0.25, 0.3) is 4.85 Å². The van der Waals surface area contributed by atoms with Gasteiger partial charge in [-0.15, -0.1) is 0 Å². The zero-order valence-electron chi connectivity index (χ0n) is 9.73. The average molecular weight is 219 g/mol. The van der Waals surface area contributed by atoms with Crippen LogP contribution >= 0.6 is 0 Å². The van der Waals surface area contributed by atoms with Gasteiger partial charge in [-0.25, -0.2) is 6.57 Å². The Morgan fingerprint density at radius 3 is 2.75 bits per heavy atom. The average Bonchev–Trinajstić information content (AvgIpc) is 2.29. The smallest absolute Gasteiger partial charge is 0.244 e. The molecule has 0 spiro atoms. The topological polar surface area (TPSA) is 33.8 Å². The number of ether oxygens (including phenoxy) is 1. The number of aliphatic hydroxyl groups excluding tert-OH is 1. The molecule has 0 saturated carbocycles. The lowest BCUT2D eigenvalue weighted by atomic mass is 10.00. The second-order valence-electron chi connectivity index (χ2n) is 3.50. The van der Waals surface area contributed by atoms with Crippen molar-refractivity contribution in [1.29, 1.82) is 0 Å². The van der Waals surface area contributed by atoms with Crippen LogP contribution in [0.15, 0.2) is 18.2 Å². The summed E-state index contributed by atoms with van der Waals surface area (Å²) in [6.07, 6.45) is 0.133. The molecule has 1 aromatic carbocycles. The fraction of sp³-hybridized carbons (Fsp3) is 0.462. The molecule has 0 amide bonds. The van der Waals surface area contributed by atoms with Crippen LogP contribution in [0.3, 0.4) is 0 Å². The first-order chi connectivity index (χ1) is 7.72. The Labute approximate surface area is 96.5 Å². The second kappa shape index (κ2) is 6.14. The van der Waals surface area contributed by atoms with E-state index in [2.05, 4.69) is 4.85 Å². The zero-order valence-corrected chi connectivity index (χ0v) is 9.73. The van der Waals surface area contributed by atoms with E-state index in [1.54, 1.807) is 0 Å². The molecule has 0 aliphatic rings. The highest BCUT2D eigenvalue weighted by Crippen LogP contribution is 2.24. The quantitative estimate of drug-likeness (QED) is 0.772. The first-order valence-electron chi connectivity index (χ1n) is 5.49. The molecule has 3 nitrogen and oxygen atoms in total. The maximum Gasteiger partial charge on any atom is 0.244 e. The number of benzene rings is 1. The van der Waals surface area contributed by atoms with Crippen molar-refractivity contribution in [2.24, 2.45) is 0 Å². The van der Waals surface area contributed by atoms with E-state index in [-0.39, 0.29) is 6.54 Å². The first kappa shape index (κ1) is 12.5. The molecule has 86 valence electrons. The molecule has 16 heavy (non-hydrogen) atoms. The molecule has 1 N–H and O–H groups in total. The van der Waals surface area contributed by atoms with Crippen molar-refractivity contribution in [2.45, 2.75) is 26.4 Å². The number of hydrogen-bond acceptors (Lipinski definition) is 2. The monoisotopic (exact) mass is 219 g/mol. The molecule has 0 aromatic heterocycles. The van der Waals surface area contributed by atoms with E-state index >= 15 is 0 Å². The second-order valence-corrected chi connectivity index (χ2v) is 3.50. The largest absolute Gasteiger partial charge is 0.494 e. The van der Waals surface area contributed by atoms with Crippen molar-refractivity contribution >= 4 is 0 Å². The number of rotatable bonds is 5. The van der Waals surface area contributed by atoms with Crippen LogP contribution < -0.4 is 4.74 Å². The third-order valence-corrected chi connectivity index (χ3v) is 2.43. The predicted molar refractivity (Wildman–Crippen MR) is 63.4 cm³/mol. The highest BCUT2D eigenvalue weighted by molar-refractivity contribution is 5.37. The van der Waals surface area contributed by atoms with E-state index in [1.165, 1.54) is 0 Å². The van der Waals surface area contributed by atoms with Crippen LogP contribution in [0.2, 0.25) is 0 Å². The third kappa shape index (κ3) is 2.98. The summed E-state index contributed by atoms with van der Waals surface area (Å²) in [7, 11) is 0. The Morgan fingerprint density at radius 1 is 1.44 bits per heavy atom. The number of hydrogen-bond donors (Lipinski definition) is 1. The molecule has 0 fully saturated rings. The predicted octanol–water partition coefficient (Wildman–Crippen LogP) is 2.60. The first-order valence-corrected chi connectivity index (χ1v) is 5.49. The van der Waals surface area contributed by atoms with E-state index in [9.17, 15) is 5.11 Å². The molecule has 1 atom stereocenters. The highest BCUT2D eigenvalue weighted by Gasteiger charge is 2.14. The van der Waals surface area contributed by atoms with Gasteiger partial charge in [0.25, 0.3) is 0 Å². The molecular weight excluding hydrogens is 202 g/mol. The lowest BCUT2D eigenvalue weighted by molar-refractivity contribution is 0.194. The van der Waals surface area contributed by atoms with Gasteiger partial charge >= 0.3 is 0 Å². The van der Waals surface area contributed by atoms with E-state index in [0.29, 0.717) is 6.61 Å². The van der Waals surface area contributed by atoms with Gasteiger partial charge in [-0.2, -0.15) is 0 Å². The van der Waals surface area contributed by atoms with Crippen molar-refractivity contribution in [2.75, 3.05) is 13.2 Å². The van der Waals surface area contributed by atoms with Crippen molar-refractivity contribution < 1.29 is 9.84 Å². The fourth-order valence-electron chi connectivity index (χ4n) is 1.65. The fourth-order valence-corrected chi connectivity index (χ4v) is 1.65. The molecule has 1 aromatic rings. The lowest BCUT2D eigenvalue weighted by Crippen LogP contribution is -2.04. The van der Waals surface area contributed by atoms with Gasteiger partial charge in [-0.1, -0.05) is 13.0 Å². The lowest BCUT2D eigenvalue weighted by Gasteiger charge is -2.12. The van der Waals surface area contributed by atoms with E-state index in [4.69, 9.17) is 11.3 Å². The van der Waals surface area contributed by atoms with Gasteiger partial charge in [0, 0.05) is 0 Å². The van der Waals surface area contributed by atoms with Crippen molar-refractivity contribution in [3.05, 3.63) is 40.7 Å². The van der Waals surface area contributed by atoms with E-state index < -0.39 is 6.10 Å². The highest BCUT2D eigenvalue weighted by atomic mass is 16.5. The molecule has 0 aliphatic heterocycles. The summed E-state index contributed by atoms with van der Waals surface area (Å²) in [5.74, 6) is 0.818. The summed E-state index contributed by atoms with van der Waals surface area (Å²) in [5, 5.41) is 9.80. The zero-order chi connectivity index (χ0) is 12.0. The molecule has 0 aliphatic carbocycles. The number of nitrogens with zero attached hydrogens (tertiary/aromatic N) is 1. The Kier molecular flexibility index (Phi) is 4.81. The third-order valence-electron chi connectivity index (χ3n) is 2.43. The number of aliphatic hydroxyl groups is 1. The van der Waals surface area contributed by atoms with Gasteiger partial charge in [0.05, 0.1) is 6.61 Å². The Hall–Kier alpha value is -1.53. The summed E-state index contributed by atoms with van der Waals surface area (Å²) < 4.78 is 5.40. The van der Waals surface area contributed by atoms with Crippen LogP contribution in [0, 0.1) is 6.57 Å². The minimum Gasteiger partial charge on any atom is -0.494 e. The molecule has 1 unspecified atom stereocenters. The normalized spacial score (nSPS) is 11.9. The van der Waals surface area contributed by atoms with Crippen LogP contribution in [0.1, 0.15) is 31.1 Å². The summed E-state index contributed by atoms with van der Waals surface area (Å²) in [4.78, 5) is 3.21.